The third-order valence-corrected chi connectivity index (χ3v) is 7.90. The van der Waals surface area contributed by atoms with E-state index in [1.54, 1.807) is 4.90 Å². The lowest BCUT2D eigenvalue weighted by atomic mass is 9.64. The highest BCUT2D eigenvalue weighted by atomic mass is 19.4. The molecule has 0 radical (unpaired) electrons. The Bertz CT molecular complexity index is 1110. The number of carbonyl (C=O) groups is 2. The predicted octanol–water partition coefficient (Wildman–Crippen LogP) is 4.94. The van der Waals surface area contributed by atoms with E-state index in [2.05, 4.69) is 32.7 Å². The van der Waals surface area contributed by atoms with Crippen molar-refractivity contribution in [3.05, 3.63) is 53.7 Å². The van der Waals surface area contributed by atoms with Crippen molar-refractivity contribution in [3.8, 4) is 0 Å². The maximum absolute atomic E-state index is 13.2. The van der Waals surface area contributed by atoms with Crippen LogP contribution in [0.5, 0.6) is 0 Å². The van der Waals surface area contributed by atoms with Gasteiger partial charge in [0.1, 0.15) is 11.9 Å². The average Bonchev–Trinajstić information content (AvgIpc) is 3.36. The number of nitrogens with one attached hydrogen (secondary N) is 2. The number of pyridine rings is 1. The SMILES string of the molecule is O=C(Nc1ccc(C(F)(F)F)cn1)NC1CCCN(c2ccc(C3(CN4CCCC4)CCC3)cc2)C1=O. The van der Waals surface area contributed by atoms with Gasteiger partial charge in [0.25, 0.3) is 0 Å². The summed E-state index contributed by atoms with van der Waals surface area (Å²) in [6, 6.07) is 8.83. The van der Waals surface area contributed by atoms with Gasteiger partial charge in [-0.1, -0.05) is 18.6 Å². The molecule has 1 aromatic carbocycles. The Labute approximate surface area is 214 Å². The van der Waals surface area contributed by atoms with E-state index in [9.17, 15) is 22.8 Å². The van der Waals surface area contributed by atoms with Crippen molar-refractivity contribution in [1.29, 1.82) is 0 Å². The molecule has 0 bridgehead atoms. The highest BCUT2D eigenvalue weighted by Crippen LogP contribution is 2.45. The molecule has 7 nitrogen and oxygen atoms in total. The number of carbonyl (C=O) groups excluding carboxylic acids is 2. The molecular formula is C27H32F3N5O2. The number of piperidine rings is 1. The van der Waals surface area contributed by atoms with Crippen molar-refractivity contribution >= 4 is 23.4 Å². The monoisotopic (exact) mass is 515 g/mol. The molecule has 3 amide bonds. The lowest BCUT2D eigenvalue weighted by Crippen LogP contribution is -2.53. The van der Waals surface area contributed by atoms with Gasteiger partial charge < -0.3 is 15.1 Å². The summed E-state index contributed by atoms with van der Waals surface area (Å²) < 4.78 is 38.1. The van der Waals surface area contributed by atoms with Crippen molar-refractivity contribution in [2.24, 2.45) is 0 Å². The first kappa shape index (κ1) is 25.5. The molecule has 2 aliphatic heterocycles. The van der Waals surface area contributed by atoms with Gasteiger partial charge >= 0.3 is 12.2 Å². The van der Waals surface area contributed by atoms with Crippen LogP contribution in [-0.4, -0.2) is 54.0 Å². The fourth-order valence-electron chi connectivity index (χ4n) is 5.72. The Morgan fingerprint density at radius 2 is 1.73 bits per heavy atom. The second-order valence-corrected chi connectivity index (χ2v) is 10.4. The maximum Gasteiger partial charge on any atom is 0.417 e. The summed E-state index contributed by atoms with van der Waals surface area (Å²) in [4.78, 5) is 33.5. The van der Waals surface area contributed by atoms with Crippen LogP contribution in [0.2, 0.25) is 0 Å². The lowest BCUT2D eigenvalue weighted by Gasteiger charge is -2.45. The molecule has 3 aliphatic rings. The Morgan fingerprint density at radius 1 is 1.00 bits per heavy atom. The van der Waals surface area contributed by atoms with Crippen molar-refractivity contribution < 1.29 is 22.8 Å². The van der Waals surface area contributed by atoms with Crippen LogP contribution >= 0.6 is 0 Å². The molecular weight excluding hydrogens is 483 g/mol. The zero-order chi connectivity index (χ0) is 26.0. The smallest absolute Gasteiger partial charge is 0.326 e. The van der Waals surface area contributed by atoms with Crippen molar-refractivity contribution in [3.63, 3.8) is 0 Å². The van der Waals surface area contributed by atoms with Gasteiger partial charge in [-0.3, -0.25) is 10.1 Å². The van der Waals surface area contributed by atoms with Gasteiger partial charge in [-0.05, 0) is 81.4 Å². The van der Waals surface area contributed by atoms with Crippen LogP contribution in [0, 0.1) is 0 Å². The summed E-state index contributed by atoms with van der Waals surface area (Å²) in [5.74, 6) is -0.231. The van der Waals surface area contributed by atoms with Crippen LogP contribution in [0.15, 0.2) is 42.6 Å². The molecule has 1 atom stereocenters. The van der Waals surface area contributed by atoms with E-state index in [1.807, 2.05) is 12.1 Å². The van der Waals surface area contributed by atoms with Gasteiger partial charge in [0.2, 0.25) is 5.91 Å². The first-order chi connectivity index (χ1) is 17.7. The van der Waals surface area contributed by atoms with Crippen molar-refractivity contribution in [2.45, 2.75) is 62.6 Å². The van der Waals surface area contributed by atoms with Crippen LogP contribution in [0.1, 0.15) is 56.1 Å². The molecule has 37 heavy (non-hydrogen) atoms. The Morgan fingerprint density at radius 3 is 2.32 bits per heavy atom. The second-order valence-electron chi connectivity index (χ2n) is 10.4. The molecule has 198 valence electrons. The maximum atomic E-state index is 13.2. The normalized spacial score (nSPS) is 22.0. The molecule has 2 N–H and O–H groups in total. The minimum Gasteiger partial charge on any atom is -0.326 e. The molecule has 3 fully saturated rings. The number of rotatable bonds is 6. The Hall–Kier alpha value is -3.14. The van der Waals surface area contributed by atoms with Gasteiger partial charge in [-0.25, -0.2) is 9.78 Å². The van der Waals surface area contributed by atoms with Gasteiger partial charge in [0.05, 0.1) is 5.56 Å². The number of aromatic nitrogens is 1. The molecule has 1 aromatic heterocycles. The minimum atomic E-state index is -4.50. The van der Waals surface area contributed by atoms with E-state index in [0.29, 0.717) is 19.2 Å². The summed E-state index contributed by atoms with van der Waals surface area (Å²) in [6.45, 7) is 4.03. The topological polar surface area (TPSA) is 77.6 Å². The summed E-state index contributed by atoms with van der Waals surface area (Å²) in [6.07, 6.45) is 3.55. The van der Waals surface area contributed by atoms with E-state index in [-0.39, 0.29) is 17.1 Å². The Kier molecular flexibility index (Phi) is 7.11. The molecule has 0 spiro atoms. The zero-order valence-corrected chi connectivity index (χ0v) is 20.7. The number of anilines is 2. The van der Waals surface area contributed by atoms with Gasteiger partial charge in [0, 0.05) is 30.4 Å². The molecule has 1 unspecified atom stereocenters. The fourth-order valence-corrected chi connectivity index (χ4v) is 5.72. The van der Waals surface area contributed by atoms with Crippen molar-refractivity contribution in [2.75, 3.05) is 36.4 Å². The first-order valence-electron chi connectivity index (χ1n) is 13.0. The number of alkyl halides is 3. The molecule has 10 heteroatoms. The first-order valence-corrected chi connectivity index (χ1v) is 13.0. The predicted molar refractivity (Wildman–Crippen MR) is 134 cm³/mol. The summed E-state index contributed by atoms with van der Waals surface area (Å²) in [7, 11) is 0. The van der Waals surface area contributed by atoms with E-state index >= 15 is 0 Å². The van der Waals surface area contributed by atoms with E-state index in [0.717, 1.165) is 30.8 Å². The largest absolute Gasteiger partial charge is 0.417 e. The van der Waals surface area contributed by atoms with Crippen LogP contribution in [0.25, 0.3) is 0 Å². The zero-order valence-electron chi connectivity index (χ0n) is 20.7. The van der Waals surface area contributed by atoms with Gasteiger partial charge in [-0.2, -0.15) is 13.2 Å². The number of likely N-dealkylation sites (tertiary alicyclic amines) is 1. The van der Waals surface area contributed by atoms with E-state index in [1.165, 1.54) is 50.8 Å². The second kappa shape index (κ2) is 10.3. The van der Waals surface area contributed by atoms with E-state index in [4.69, 9.17) is 0 Å². The number of urea groups is 1. The number of benzene rings is 1. The van der Waals surface area contributed by atoms with Crippen LogP contribution in [0.3, 0.4) is 0 Å². The quantitative estimate of drug-likeness (QED) is 0.572. The fraction of sp³-hybridized carbons (Fsp3) is 0.519. The third-order valence-electron chi connectivity index (χ3n) is 7.90. The standard InChI is InChI=1S/C27H32F3N5O2/c28-27(29,30)20-8-11-23(31-17-20)33-25(37)32-22-5-3-16-35(24(22)36)21-9-6-19(7-10-21)26(12-4-13-26)18-34-14-1-2-15-34/h6-11,17,22H,1-5,12-16,18H2,(H2,31,32,33,37). The van der Waals surface area contributed by atoms with Crippen LogP contribution < -0.4 is 15.5 Å². The van der Waals surface area contributed by atoms with Crippen molar-refractivity contribution in [1.82, 2.24) is 15.2 Å². The van der Waals surface area contributed by atoms with Gasteiger partial charge in [0.15, 0.2) is 0 Å². The number of halogens is 3. The average molecular weight is 516 g/mol. The molecule has 2 saturated heterocycles. The lowest BCUT2D eigenvalue weighted by molar-refractivity contribution is -0.137. The van der Waals surface area contributed by atoms with E-state index < -0.39 is 23.8 Å². The molecule has 1 saturated carbocycles. The van der Waals surface area contributed by atoms with Crippen LogP contribution in [-0.2, 0) is 16.4 Å². The molecule has 2 aromatic rings. The van der Waals surface area contributed by atoms with Crippen LogP contribution in [0.4, 0.5) is 29.5 Å². The summed E-state index contributed by atoms with van der Waals surface area (Å²) >= 11 is 0. The number of nitrogens with zero attached hydrogens (tertiary/aromatic N) is 3. The Balaban J connectivity index is 1.20. The number of hydrogen-bond acceptors (Lipinski definition) is 4. The highest BCUT2D eigenvalue weighted by molar-refractivity contribution is 6.01. The van der Waals surface area contributed by atoms with Gasteiger partial charge in [-0.15, -0.1) is 0 Å². The minimum absolute atomic E-state index is 0.0277. The molecule has 1 aliphatic carbocycles. The summed E-state index contributed by atoms with van der Waals surface area (Å²) in [5.41, 5.74) is 1.45. The molecule has 5 rings (SSSR count). The third kappa shape index (κ3) is 5.58. The number of amides is 3. The molecule has 3 heterocycles. The summed E-state index contributed by atoms with van der Waals surface area (Å²) in [5, 5.41) is 5.05. The number of hydrogen-bond donors (Lipinski definition) is 2. The highest BCUT2D eigenvalue weighted by Gasteiger charge is 2.40.